The number of aryl methyl sites for hydroxylation is 2. The maximum absolute atomic E-state index is 12.5. The number of nitrogens with one attached hydrogen (secondary N) is 1. The van der Waals surface area contributed by atoms with Crippen molar-refractivity contribution in [3.05, 3.63) is 77.8 Å². The molecule has 0 radical (unpaired) electrons. The lowest BCUT2D eigenvalue weighted by molar-refractivity contribution is 0.0946. The second kappa shape index (κ2) is 8.69. The van der Waals surface area contributed by atoms with Crippen molar-refractivity contribution in [1.29, 1.82) is 0 Å². The smallest absolute Gasteiger partial charge is 0.271 e. The number of aromatic nitrogens is 5. The first-order chi connectivity index (χ1) is 14.6. The number of benzene rings is 1. The Bertz CT molecular complexity index is 1160. The van der Waals surface area contributed by atoms with Gasteiger partial charge in [0.1, 0.15) is 17.8 Å². The number of pyridine rings is 1. The number of carbonyl (C=O) groups excluding carboxylic acids is 1. The molecule has 0 bridgehead atoms. The maximum Gasteiger partial charge on any atom is 0.271 e. The predicted octanol–water partition coefficient (Wildman–Crippen LogP) is 3.51. The summed E-state index contributed by atoms with van der Waals surface area (Å²) >= 11 is 0. The number of rotatable bonds is 7. The second-order valence-corrected chi connectivity index (χ2v) is 7.01. The van der Waals surface area contributed by atoms with Gasteiger partial charge in [0, 0.05) is 30.9 Å². The van der Waals surface area contributed by atoms with E-state index in [1.807, 2.05) is 37.3 Å². The van der Waals surface area contributed by atoms with E-state index in [9.17, 15) is 4.79 Å². The van der Waals surface area contributed by atoms with Crippen LogP contribution >= 0.6 is 0 Å². The molecule has 152 valence electrons. The van der Waals surface area contributed by atoms with Gasteiger partial charge in [0.05, 0.1) is 0 Å². The van der Waals surface area contributed by atoms with E-state index in [4.69, 9.17) is 4.52 Å². The lowest BCUT2D eigenvalue weighted by atomic mass is 10.1. The third kappa shape index (κ3) is 4.43. The molecule has 0 unspecified atom stereocenters. The van der Waals surface area contributed by atoms with Gasteiger partial charge in [-0.05, 0) is 31.0 Å². The lowest BCUT2D eigenvalue weighted by Crippen LogP contribution is -2.23. The Morgan fingerprint density at radius 3 is 2.93 bits per heavy atom. The van der Waals surface area contributed by atoms with Crippen LogP contribution in [0.15, 0.2) is 59.6 Å². The molecule has 4 rings (SSSR count). The zero-order valence-electron chi connectivity index (χ0n) is 16.9. The van der Waals surface area contributed by atoms with Crippen molar-refractivity contribution < 1.29 is 9.32 Å². The summed E-state index contributed by atoms with van der Waals surface area (Å²) in [5.41, 5.74) is 3.27. The van der Waals surface area contributed by atoms with Crippen molar-refractivity contribution in [2.24, 2.45) is 0 Å². The number of carbonyl (C=O) groups is 1. The van der Waals surface area contributed by atoms with Gasteiger partial charge in [-0.3, -0.25) is 9.36 Å². The summed E-state index contributed by atoms with van der Waals surface area (Å²) in [5, 5.41) is 6.88. The van der Waals surface area contributed by atoms with Crippen molar-refractivity contribution in [3.8, 4) is 17.3 Å². The van der Waals surface area contributed by atoms with Gasteiger partial charge in [0.2, 0.25) is 0 Å². The third-order valence-corrected chi connectivity index (χ3v) is 4.55. The van der Waals surface area contributed by atoms with E-state index in [0.717, 1.165) is 29.5 Å². The molecule has 0 spiro atoms. The van der Waals surface area contributed by atoms with E-state index < -0.39 is 0 Å². The number of amides is 1. The molecule has 0 aliphatic carbocycles. The van der Waals surface area contributed by atoms with Crippen LogP contribution in [0.3, 0.4) is 0 Å². The normalized spacial score (nSPS) is 10.9. The Balaban J connectivity index is 1.47. The van der Waals surface area contributed by atoms with Gasteiger partial charge in [-0.15, -0.1) is 0 Å². The van der Waals surface area contributed by atoms with Crippen molar-refractivity contribution in [2.75, 3.05) is 0 Å². The zero-order valence-corrected chi connectivity index (χ0v) is 16.9. The summed E-state index contributed by atoms with van der Waals surface area (Å²) in [5.74, 6) is 1.49. The Labute approximate surface area is 174 Å². The monoisotopic (exact) mass is 402 g/mol. The van der Waals surface area contributed by atoms with Crippen LogP contribution in [-0.2, 0) is 13.0 Å². The van der Waals surface area contributed by atoms with Gasteiger partial charge in [-0.2, -0.15) is 4.98 Å². The molecule has 1 N–H and O–H groups in total. The van der Waals surface area contributed by atoms with Crippen LogP contribution in [0.4, 0.5) is 0 Å². The van der Waals surface area contributed by atoms with Gasteiger partial charge in [0.25, 0.3) is 11.8 Å². The van der Waals surface area contributed by atoms with Crippen LogP contribution < -0.4 is 5.32 Å². The molecule has 4 aromatic rings. The van der Waals surface area contributed by atoms with Gasteiger partial charge < -0.3 is 9.84 Å². The SMILES string of the molecule is CCCc1noc(-c2ccnc(-n3cnc(C(=O)NCc4cccc(C)c4)c3)c2)n1. The topological polar surface area (TPSA) is 98.7 Å². The average Bonchev–Trinajstić information content (AvgIpc) is 3.43. The summed E-state index contributed by atoms with van der Waals surface area (Å²) in [6.07, 6.45) is 6.58. The Kier molecular flexibility index (Phi) is 5.65. The number of imidazole rings is 1. The Morgan fingerprint density at radius 2 is 2.10 bits per heavy atom. The zero-order chi connectivity index (χ0) is 20.9. The van der Waals surface area contributed by atoms with Crippen LogP contribution in [-0.4, -0.2) is 30.6 Å². The minimum absolute atomic E-state index is 0.243. The maximum atomic E-state index is 12.5. The van der Waals surface area contributed by atoms with E-state index in [1.54, 1.807) is 29.4 Å². The first-order valence-electron chi connectivity index (χ1n) is 9.79. The molecule has 8 nitrogen and oxygen atoms in total. The molecule has 0 aliphatic rings. The average molecular weight is 402 g/mol. The number of nitrogens with zero attached hydrogens (tertiary/aromatic N) is 5. The molecule has 0 atom stereocenters. The highest BCUT2D eigenvalue weighted by Crippen LogP contribution is 2.19. The predicted molar refractivity (Wildman–Crippen MR) is 111 cm³/mol. The van der Waals surface area contributed by atoms with Crippen molar-refractivity contribution in [1.82, 2.24) is 30.0 Å². The minimum atomic E-state index is -0.243. The third-order valence-electron chi connectivity index (χ3n) is 4.55. The molecule has 3 heterocycles. The molecule has 1 aromatic carbocycles. The summed E-state index contributed by atoms with van der Waals surface area (Å²) in [4.78, 5) is 25.4. The lowest BCUT2D eigenvalue weighted by Gasteiger charge is -2.04. The van der Waals surface area contributed by atoms with E-state index in [1.165, 1.54) is 0 Å². The number of hydrogen-bond acceptors (Lipinski definition) is 6. The molecule has 0 aliphatic heterocycles. The molecule has 3 aromatic heterocycles. The van der Waals surface area contributed by atoms with Crippen LogP contribution in [0.1, 0.15) is 40.8 Å². The molecule has 0 fully saturated rings. The quantitative estimate of drug-likeness (QED) is 0.508. The second-order valence-electron chi connectivity index (χ2n) is 7.01. The highest BCUT2D eigenvalue weighted by molar-refractivity contribution is 5.92. The summed E-state index contributed by atoms with van der Waals surface area (Å²) in [7, 11) is 0. The van der Waals surface area contributed by atoms with Gasteiger partial charge in [-0.25, -0.2) is 9.97 Å². The molecule has 0 saturated carbocycles. The fourth-order valence-electron chi connectivity index (χ4n) is 3.05. The summed E-state index contributed by atoms with van der Waals surface area (Å²) < 4.78 is 7.03. The highest BCUT2D eigenvalue weighted by atomic mass is 16.5. The Hall–Kier alpha value is -3.81. The molecule has 1 amide bonds. The van der Waals surface area contributed by atoms with Crippen molar-refractivity contribution in [3.63, 3.8) is 0 Å². The van der Waals surface area contributed by atoms with Crippen LogP contribution in [0, 0.1) is 6.92 Å². The first kappa shape index (κ1) is 19.5. The minimum Gasteiger partial charge on any atom is -0.347 e. The van der Waals surface area contributed by atoms with Crippen LogP contribution in [0.2, 0.25) is 0 Å². The van der Waals surface area contributed by atoms with Crippen LogP contribution in [0.25, 0.3) is 17.3 Å². The van der Waals surface area contributed by atoms with E-state index in [2.05, 4.69) is 32.3 Å². The molecule has 8 heteroatoms. The van der Waals surface area contributed by atoms with E-state index >= 15 is 0 Å². The van der Waals surface area contributed by atoms with Crippen LogP contribution in [0.5, 0.6) is 0 Å². The molecule has 0 saturated heterocycles. The highest BCUT2D eigenvalue weighted by Gasteiger charge is 2.13. The van der Waals surface area contributed by atoms with Gasteiger partial charge in [0.15, 0.2) is 5.82 Å². The molecule has 30 heavy (non-hydrogen) atoms. The molecular weight excluding hydrogens is 380 g/mol. The summed E-state index contributed by atoms with van der Waals surface area (Å²) in [6, 6.07) is 11.6. The van der Waals surface area contributed by atoms with Crippen molar-refractivity contribution in [2.45, 2.75) is 33.2 Å². The summed E-state index contributed by atoms with van der Waals surface area (Å²) in [6.45, 7) is 4.53. The fraction of sp³-hybridized carbons (Fsp3) is 0.227. The van der Waals surface area contributed by atoms with Gasteiger partial charge in [-0.1, -0.05) is 41.9 Å². The van der Waals surface area contributed by atoms with Gasteiger partial charge >= 0.3 is 0 Å². The fourth-order valence-corrected chi connectivity index (χ4v) is 3.05. The van der Waals surface area contributed by atoms with E-state index in [-0.39, 0.29) is 5.91 Å². The van der Waals surface area contributed by atoms with Crippen molar-refractivity contribution >= 4 is 5.91 Å². The van der Waals surface area contributed by atoms with E-state index in [0.29, 0.717) is 29.8 Å². The standard InChI is InChI=1S/C22H22N6O2/c1-3-5-19-26-22(30-27-19)17-8-9-23-20(11-17)28-13-18(25-14-28)21(29)24-12-16-7-4-6-15(2)10-16/h4,6-11,13-14H,3,5,12H2,1-2H3,(H,24,29). The largest absolute Gasteiger partial charge is 0.347 e. The number of hydrogen-bond donors (Lipinski definition) is 1. The molecular formula is C22H22N6O2. The Morgan fingerprint density at radius 1 is 1.20 bits per heavy atom. The first-order valence-corrected chi connectivity index (χ1v) is 9.79.